The smallest absolute Gasteiger partial charge is 0.309 e. The minimum Gasteiger partial charge on any atom is -0.491 e. The summed E-state index contributed by atoms with van der Waals surface area (Å²) in [6.07, 6.45) is 4.19. The molecule has 0 bridgehead atoms. The fourth-order valence-corrected chi connectivity index (χ4v) is 5.29. The first-order valence-electron chi connectivity index (χ1n) is 13.6. The summed E-state index contributed by atoms with van der Waals surface area (Å²) in [5, 5.41) is 3.57. The van der Waals surface area contributed by atoms with Gasteiger partial charge in [-0.1, -0.05) is 30.3 Å². The molecule has 5 nitrogen and oxygen atoms in total. The minimum absolute atomic E-state index is 0.0268. The lowest BCUT2D eigenvalue weighted by Crippen LogP contribution is -2.07. The molecule has 194 valence electrons. The lowest BCUT2D eigenvalue weighted by Gasteiger charge is -2.14. The van der Waals surface area contributed by atoms with Gasteiger partial charge in [-0.25, -0.2) is 0 Å². The Morgan fingerprint density at radius 3 is 2.54 bits per heavy atom. The quantitative estimate of drug-likeness (QED) is 0.240. The van der Waals surface area contributed by atoms with Crippen LogP contribution in [0.1, 0.15) is 54.9 Å². The number of benzene rings is 3. The molecule has 2 aliphatic carbocycles. The highest BCUT2D eigenvalue weighted by Gasteiger charge is 2.45. The first-order valence-corrected chi connectivity index (χ1v) is 13.6. The maximum atomic E-state index is 12.0. The zero-order valence-electron chi connectivity index (χ0n) is 21.9. The highest BCUT2D eigenvalue weighted by atomic mass is 16.5. The van der Waals surface area contributed by atoms with Crippen molar-refractivity contribution in [2.45, 2.75) is 52.0 Å². The van der Waals surface area contributed by atoms with Crippen LogP contribution in [-0.4, -0.2) is 32.4 Å². The van der Waals surface area contributed by atoms with Gasteiger partial charge in [-0.05, 0) is 109 Å². The number of ether oxygens (including phenoxy) is 3. The average Bonchev–Trinajstić information content (AvgIpc) is 3.74. The van der Waals surface area contributed by atoms with Crippen LogP contribution in [-0.2, 0) is 33.7 Å². The Bertz CT molecular complexity index is 1220. The number of hydrogen-bond donors (Lipinski definition) is 1. The molecule has 2 aliphatic rings. The van der Waals surface area contributed by atoms with E-state index < -0.39 is 0 Å². The van der Waals surface area contributed by atoms with Gasteiger partial charge in [0.2, 0.25) is 0 Å². The Morgan fingerprint density at radius 1 is 0.892 bits per heavy atom. The number of fused-ring (bicyclic) bond motifs is 3. The van der Waals surface area contributed by atoms with Crippen LogP contribution in [0.4, 0.5) is 5.69 Å². The van der Waals surface area contributed by atoms with Crippen molar-refractivity contribution in [3.63, 3.8) is 0 Å². The molecule has 5 rings (SSSR count). The van der Waals surface area contributed by atoms with Gasteiger partial charge in [0, 0.05) is 18.8 Å². The molecule has 0 radical (unpaired) electrons. The second kappa shape index (κ2) is 11.8. The lowest BCUT2D eigenvalue weighted by molar-refractivity contribution is -0.144. The topological polar surface area (TPSA) is 56.8 Å². The van der Waals surface area contributed by atoms with Crippen LogP contribution in [0.25, 0.3) is 11.1 Å². The molecule has 0 unspecified atom stereocenters. The number of carbonyl (C=O) groups excluding carboxylic acids is 1. The Labute approximate surface area is 220 Å². The van der Waals surface area contributed by atoms with Gasteiger partial charge in [-0.3, -0.25) is 4.79 Å². The number of hydrogen-bond acceptors (Lipinski definition) is 5. The molecule has 1 N–H and O–H groups in total. The highest BCUT2D eigenvalue weighted by molar-refractivity contribution is 5.77. The van der Waals surface area contributed by atoms with Crippen molar-refractivity contribution >= 4 is 11.7 Å². The SMILES string of the molecule is CCOCCOc1ccc2c(c1)CCCc1ccc(CNc3ccc([C@H]4C[C@@H]4C(=O)OCC)cc3)cc1-2. The summed E-state index contributed by atoms with van der Waals surface area (Å²) in [6, 6.07) is 21.9. The van der Waals surface area contributed by atoms with Crippen molar-refractivity contribution < 1.29 is 19.0 Å². The molecule has 0 aliphatic heterocycles. The van der Waals surface area contributed by atoms with E-state index in [4.69, 9.17) is 14.2 Å². The van der Waals surface area contributed by atoms with E-state index in [-0.39, 0.29) is 11.9 Å². The zero-order chi connectivity index (χ0) is 25.6. The molecule has 0 amide bonds. The molecule has 1 saturated carbocycles. The maximum absolute atomic E-state index is 12.0. The first kappa shape index (κ1) is 25.3. The van der Waals surface area contributed by atoms with Crippen LogP contribution in [0.3, 0.4) is 0 Å². The van der Waals surface area contributed by atoms with Crippen molar-refractivity contribution in [2.24, 2.45) is 5.92 Å². The molecule has 5 heteroatoms. The number of aryl methyl sites for hydroxylation is 2. The Morgan fingerprint density at radius 2 is 1.73 bits per heavy atom. The Balaban J connectivity index is 1.23. The molecule has 0 spiro atoms. The van der Waals surface area contributed by atoms with Crippen molar-refractivity contribution in [1.82, 2.24) is 0 Å². The van der Waals surface area contributed by atoms with E-state index in [1.165, 1.54) is 33.4 Å². The lowest BCUT2D eigenvalue weighted by atomic mass is 9.94. The molecule has 2 atom stereocenters. The monoisotopic (exact) mass is 499 g/mol. The van der Waals surface area contributed by atoms with E-state index in [0.717, 1.165) is 43.7 Å². The summed E-state index contributed by atoms with van der Waals surface area (Å²) in [4.78, 5) is 12.0. The number of carbonyl (C=O) groups is 1. The van der Waals surface area contributed by atoms with Gasteiger partial charge < -0.3 is 19.5 Å². The second-order valence-electron chi connectivity index (χ2n) is 9.89. The van der Waals surface area contributed by atoms with E-state index in [0.29, 0.717) is 32.3 Å². The summed E-state index contributed by atoms with van der Waals surface area (Å²) in [5.74, 6) is 1.18. The van der Waals surface area contributed by atoms with Gasteiger partial charge in [0.1, 0.15) is 12.4 Å². The number of esters is 1. The predicted molar refractivity (Wildman–Crippen MR) is 147 cm³/mol. The zero-order valence-corrected chi connectivity index (χ0v) is 21.9. The van der Waals surface area contributed by atoms with Crippen LogP contribution in [0.15, 0.2) is 60.7 Å². The van der Waals surface area contributed by atoms with Crippen LogP contribution in [0.5, 0.6) is 5.75 Å². The van der Waals surface area contributed by atoms with E-state index in [1.54, 1.807) is 0 Å². The fraction of sp³-hybridized carbons (Fsp3) is 0.406. The van der Waals surface area contributed by atoms with Gasteiger partial charge in [0.15, 0.2) is 0 Å². The number of rotatable bonds is 11. The molecule has 0 saturated heterocycles. The van der Waals surface area contributed by atoms with Gasteiger partial charge in [0.05, 0.1) is 19.1 Å². The summed E-state index contributed by atoms with van der Waals surface area (Å²) in [7, 11) is 0. The van der Waals surface area contributed by atoms with Crippen LogP contribution >= 0.6 is 0 Å². The van der Waals surface area contributed by atoms with Crippen LogP contribution in [0, 0.1) is 5.92 Å². The molecule has 37 heavy (non-hydrogen) atoms. The first-order chi connectivity index (χ1) is 18.2. The summed E-state index contributed by atoms with van der Waals surface area (Å²) in [5.41, 5.74) is 8.98. The minimum atomic E-state index is -0.0650. The molecular weight excluding hydrogens is 462 g/mol. The maximum Gasteiger partial charge on any atom is 0.309 e. The number of nitrogens with one attached hydrogen (secondary N) is 1. The molecule has 3 aromatic rings. The van der Waals surface area contributed by atoms with Crippen molar-refractivity contribution in [1.29, 1.82) is 0 Å². The van der Waals surface area contributed by atoms with Crippen molar-refractivity contribution in [3.8, 4) is 16.9 Å². The predicted octanol–water partition coefficient (Wildman–Crippen LogP) is 6.54. The summed E-state index contributed by atoms with van der Waals surface area (Å²) in [6.45, 7) is 6.97. The van der Waals surface area contributed by atoms with E-state index in [2.05, 4.69) is 66.0 Å². The van der Waals surface area contributed by atoms with E-state index in [9.17, 15) is 4.79 Å². The Hall–Kier alpha value is -3.31. The van der Waals surface area contributed by atoms with Crippen molar-refractivity contribution in [2.75, 3.05) is 31.7 Å². The summed E-state index contributed by atoms with van der Waals surface area (Å²) >= 11 is 0. The van der Waals surface area contributed by atoms with Gasteiger partial charge in [-0.2, -0.15) is 0 Å². The molecule has 0 heterocycles. The standard InChI is InChI=1S/C32H37NO4/c1-3-35-16-17-37-27-14-15-28-25(19-27)7-5-6-23-9-8-22(18-29(23)28)21-33-26-12-10-24(11-13-26)30-20-31(30)32(34)36-4-2/h8-15,18-19,30-31,33H,3-7,16-17,20-21H2,1-2H3/t30-,31+/m1/s1. The van der Waals surface area contributed by atoms with E-state index in [1.807, 2.05) is 13.8 Å². The van der Waals surface area contributed by atoms with Crippen molar-refractivity contribution in [3.05, 3.63) is 82.9 Å². The largest absolute Gasteiger partial charge is 0.491 e. The second-order valence-corrected chi connectivity index (χ2v) is 9.89. The van der Waals surface area contributed by atoms with Crippen LogP contribution in [0.2, 0.25) is 0 Å². The third kappa shape index (κ3) is 6.16. The van der Waals surface area contributed by atoms with Gasteiger partial charge in [0.25, 0.3) is 0 Å². The molecule has 0 aromatic heterocycles. The average molecular weight is 500 g/mol. The Kier molecular flexibility index (Phi) is 8.10. The van der Waals surface area contributed by atoms with Gasteiger partial charge >= 0.3 is 5.97 Å². The highest BCUT2D eigenvalue weighted by Crippen LogP contribution is 2.48. The van der Waals surface area contributed by atoms with Gasteiger partial charge in [-0.15, -0.1) is 0 Å². The fourth-order valence-electron chi connectivity index (χ4n) is 5.29. The molecule has 1 fully saturated rings. The van der Waals surface area contributed by atoms with Crippen LogP contribution < -0.4 is 10.1 Å². The van der Waals surface area contributed by atoms with E-state index >= 15 is 0 Å². The third-order valence-electron chi connectivity index (χ3n) is 7.35. The third-order valence-corrected chi connectivity index (χ3v) is 7.35. The normalized spacial score (nSPS) is 17.8. The summed E-state index contributed by atoms with van der Waals surface area (Å²) < 4.78 is 16.5. The molecular formula is C32H37NO4. The molecule has 3 aromatic carbocycles. The number of anilines is 1.